The fourth-order valence-electron chi connectivity index (χ4n) is 3.60. The quantitative estimate of drug-likeness (QED) is 0.639. The summed E-state index contributed by atoms with van der Waals surface area (Å²) in [5.41, 5.74) is 7.64. The zero-order chi connectivity index (χ0) is 18.7. The Morgan fingerprint density at radius 1 is 1.19 bits per heavy atom. The third-order valence-corrected chi connectivity index (χ3v) is 5.28. The predicted molar refractivity (Wildman–Crippen MR) is 105 cm³/mol. The minimum Gasteiger partial charge on any atom is -0.356 e. The number of nitrogens with two attached hydrogens (primary N) is 1. The van der Waals surface area contributed by atoms with Crippen LogP contribution in [-0.2, 0) is 11.2 Å². The van der Waals surface area contributed by atoms with Gasteiger partial charge in [0.2, 0.25) is 5.91 Å². The largest absolute Gasteiger partial charge is 0.356 e. The van der Waals surface area contributed by atoms with E-state index < -0.39 is 5.54 Å². The molecule has 7 nitrogen and oxygen atoms in total. The topological polar surface area (TPSA) is 99.9 Å². The first kappa shape index (κ1) is 17.5. The van der Waals surface area contributed by atoms with Crippen LogP contribution in [0, 0.1) is 0 Å². The van der Waals surface area contributed by atoms with E-state index in [2.05, 4.69) is 37.3 Å². The van der Waals surface area contributed by atoms with E-state index in [0.717, 1.165) is 23.3 Å². The Bertz CT molecular complexity index is 914. The van der Waals surface area contributed by atoms with Gasteiger partial charge in [-0.05, 0) is 30.9 Å². The number of fused-ring (bicyclic) bond motifs is 1. The number of hydrogen-bond acceptors (Lipinski definition) is 5. The monoisotopic (exact) mass is 364 g/mol. The second kappa shape index (κ2) is 7.36. The van der Waals surface area contributed by atoms with Crippen molar-refractivity contribution >= 4 is 22.8 Å². The molecule has 27 heavy (non-hydrogen) atoms. The molecule has 0 bridgehead atoms. The van der Waals surface area contributed by atoms with Crippen LogP contribution in [0.2, 0.25) is 0 Å². The van der Waals surface area contributed by atoms with E-state index in [1.165, 1.54) is 5.56 Å². The van der Waals surface area contributed by atoms with Crippen LogP contribution in [0.4, 0.5) is 5.82 Å². The first-order valence-corrected chi connectivity index (χ1v) is 9.30. The number of nitrogens with zero attached hydrogens (tertiary/aromatic N) is 3. The molecule has 0 saturated carbocycles. The average molecular weight is 364 g/mol. The highest BCUT2D eigenvalue weighted by Crippen LogP contribution is 2.28. The smallest absolute Gasteiger partial charge is 0.240 e. The van der Waals surface area contributed by atoms with Gasteiger partial charge in [0.15, 0.2) is 0 Å². The van der Waals surface area contributed by atoms with Gasteiger partial charge in [0.1, 0.15) is 17.8 Å². The zero-order valence-corrected chi connectivity index (χ0v) is 15.2. The van der Waals surface area contributed by atoms with Gasteiger partial charge < -0.3 is 20.9 Å². The summed E-state index contributed by atoms with van der Waals surface area (Å²) in [6, 6.07) is 12.1. The Morgan fingerprint density at radius 3 is 2.74 bits per heavy atom. The highest BCUT2D eigenvalue weighted by atomic mass is 16.2. The van der Waals surface area contributed by atoms with Crippen LogP contribution in [0.25, 0.3) is 11.0 Å². The summed E-state index contributed by atoms with van der Waals surface area (Å²) >= 11 is 0. The normalized spacial score (nSPS) is 16.4. The number of hydrogen-bond donors (Lipinski definition) is 3. The maximum absolute atomic E-state index is 12.6. The van der Waals surface area contributed by atoms with Crippen molar-refractivity contribution in [2.75, 3.05) is 24.5 Å². The molecule has 1 amide bonds. The molecule has 7 heteroatoms. The van der Waals surface area contributed by atoms with E-state index in [9.17, 15) is 4.79 Å². The molecule has 1 aromatic carbocycles. The van der Waals surface area contributed by atoms with Crippen molar-refractivity contribution < 1.29 is 4.79 Å². The summed E-state index contributed by atoms with van der Waals surface area (Å²) in [5, 5.41) is 4.00. The molecule has 4 N–H and O–H groups in total. The summed E-state index contributed by atoms with van der Waals surface area (Å²) in [5.74, 6) is 0.834. The Kier molecular flexibility index (Phi) is 4.77. The lowest BCUT2D eigenvalue weighted by Crippen LogP contribution is -2.60. The average Bonchev–Trinajstić information content (AvgIpc) is 3.18. The van der Waals surface area contributed by atoms with Crippen LogP contribution in [0.15, 0.2) is 48.9 Å². The number of H-pyrrole nitrogens is 1. The number of carbonyl (C=O) groups is 1. The molecule has 1 fully saturated rings. The van der Waals surface area contributed by atoms with Crippen LogP contribution in [0.1, 0.15) is 18.4 Å². The van der Waals surface area contributed by atoms with Crippen LogP contribution in [0.3, 0.4) is 0 Å². The number of rotatable bonds is 5. The Labute approximate surface area is 158 Å². The second-order valence-corrected chi connectivity index (χ2v) is 7.07. The van der Waals surface area contributed by atoms with Gasteiger partial charge in [-0.2, -0.15) is 0 Å². The van der Waals surface area contributed by atoms with Gasteiger partial charge in [-0.3, -0.25) is 4.79 Å². The van der Waals surface area contributed by atoms with Gasteiger partial charge in [-0.15, -0.1) is 0 Å². The number of nitrogens with one attached hydrogen (secondary N) is 2. The number of anilines is 1. The van der Waals surface area contributed by atoms with Gasteiger partial charge in [0, 0.05) is 25.8 Å². The summed E-state index contributed by atoms with van der Waals surface area (Å²) in [7, 11) is 0. The molecule has 3 heterocycles. The Hall–Kier alpha value is -2.93. The second-order valence-electron chi connectivity index (χ2n) is 7.07. The first-order chi connectivity index (χ1) is 13.2. The molecule has 0 unspecified atom stereocenters. The molecule has 0 atom stereocenters. The maximum Gasteiger partial charge on any atom is 0.240 e. The Balaban J connectivity index is 1.34. The number of carbonyl (C=O) groups excluding carboxylic acids is 1. The molecule has 0 radical (unpaired) electrons. The van der Waals surface area contributed by atoms with Gasteiger partial charge in [0.05, 0.1) is 10.9 Å². The van der Waals surface area contributed by atoms with Crippen molar-refractivity contribution in [3.05, 3.63) is 54.5 Å². The molecule has 1 aliphatic heterocycles. The molecule has 1 saturated heterocycles. The van der Waals surface area contributed by atoms with Crippen molar-refractivity contribution in [1.82, 2.24) is 20.3 Å². The fourth-order valence-corrected chi connectivity index (χ4v) is 3.60. The molecule has 0 aliphatic carbocycles. The third-order valence-electron chi connectivity index (χ3n) is 5.28. The van der Waals surface area contributed by atoms with Gasteiger partial charge in [-0.1, -0.05) is 30.3 Å². The van der Waals surface area contributed by atoms with Crippen molar-refractivity contribution in [2.45, 2.75) is 24.8 Å². The zero-order valence-electron chi connectivity index (χ0n) is 15.2. The molecular weight excluding hydrogens is 340 g/mol. The molecule has 140 valence electrons. The number of aromatic amines is 1. The van der Waals surface area contributed by atoms with E-state index in [0.29, 0.717) is 32.5 Å². The van der Waals surface area contributed by atoms with Crippen molar-refractivity contribution in [3.8, 4) is 0 Å². The minimum atomic E-state index is -0.822. The predicted octanol–water partition coefficient (Wildman–Crippen LogP) is 1.61. The van der Waals surface area contributed by atoms with E-state index in [-0.39, 0.29) is 5.91 Å². The highest BCUT2D eigenvalue weighted by molar-refractivity contribution is 5.88. The van der Waals surface area contributed by atoms with Crippen LogP contribution in [-0.4, -0.2) is 46.0 Å². The number of aromatic nitrogens is 3. The standard InChI is InChI=1S/C20H24N6O/c21-20(19(27)23-10-6-15-4-2-1-3-5-15)8-12-26(13-9-20)18-16-7-11-22-17(16)24-14-25-18/h1-5,7,11,14H,6,8-10,12-13,21H2,(H,23,27)(H,22,24,25). The van der Waals surface area contributed by atoms with Crippen molar-refractivity contribution in [2.24, 2.45) is 5.73 Å². The number of amides is 1. The van der Waals surface area contributed by atoms with E-state index >= 15 is 0 Å². The van der Waals surface area contributed by atoms with Gasteiger partial charge in [0.25, 0.3) is 0 Å². The third kappa shape index (κ3) is 3.64. The summed E-state index contributed by atoms with van der Waals surface area (Å²) in [6.07, 6.45) is 5.43. The lowest BCUT2D eigenvalue weighted by Gasteiger charge is -2.38. The molecule has 4 rings (SSSR count). The first-order valence-electron chi connectivity index (χ1n) is 9.30. The lowest BCUT2D eigenvalue weighted by molar-refractivity contribution is -0.127. The lowest BCUT2D eigenvalue weighted by atomic mass is 9.87. The summed E-state index contributed by atoms with van der Waals surface area (Å²) < 4.78 is 0. The molecule has 0 spiro atoms. The van der Waals surface area contributed by atoms with Gasteiger partial charge in [-0.25, -0.2) is 9.97 Å². The number of piperidine rings is 1. The highest BCUT2D eigenvalue weighted by Gasteiger charge is 2.38. The van der Waals surface area contributed by atoms with E-state index in [4.69, 9.17) is 5.73 Å². The van der Waals surface area contributed by atoms with Crippen molar-refractivity contribution in [1.29, 1.82) is 0 Å². The SMILES string of the molecule is NC1(C(=O)NCCc2ccccc2)CCN(c2ncnc3[nH]ccc23)CC1. The molecule has 3 aromatic rings. The van der Waals surface area contributed by atoms with Crippen LogP contribution in [0.5, 0.6) is 0 Å². The van der Waals surface area contributed by atoms with Gasteiger partial charge >= 0.3 is 0 Å². The van der Waals surface area contributed by atoms with Crippen LogP contribution < -0.4 is 16.0 Å². The molecule has 1 aliphatic rings. The van der Waals surface area contributed by atoms with Crippen LogP contribution >= 0.6 is 0 Å². The fraction of sp³-hybridized carbons (Fsp3) is 0.350. The summed E-state index contributed by atoms with van der Waals surface area (Å²) in [4.78, 5) is 26.6. The summed E-state index contributed by atoms with van der Waals surface area (Å²) in [6.45, 7) is 1.99. The Morgan fingerprint density at radius 2 is 1.96 bits per heavy atom. The van der Waals surface area contributed by atoms with Crippen molar-refractivity contribution in [3.63, 3.8) is 0 Å². The molecular formula is C20H24N6O. The molecule has 2 aromatic heterocycles. The maximum atomic E-state index is 12.6. The minimum absolute atomic E-state index is 0.0624. The number of benzene rings is 1. The van der Waals surface area contributed by atoms with E-state index in [1.54, 1.807) is 6.33 Å². The van der Waals surface area contributed by atoms with E-state index in [1.807, 2.05) is 30.5 Å².